The fourth-order valence-electron chi connectivity index (χ4n) is 2.88. The van der Waals surface area contributed by atoms with Crippen molar-refractivity contribution in [2.75, 3.05) is 13.1 Å². The summed E-state index contributed by atoms with van der Waals surface area (Å²) in [7, 11) is 0. The van der Waals surface area contributed by atoms with Crippen LogP contribution in [-0.4, -0.2) is 44.8 Å². The Morgan fingerprint density at radius 1 is 1.26 bits per heavy atom. The van der Waals surface area contributed by atoms with E-state index in [1.54, 1.807) is 22.0 Å². The van der Waals surface area contributed by atoms with E-state index in [2.05, 4.69) is 5.10 Å². The molecule has 1 aliphatic rings. The quantitative estimate of drug-likeness (QED) is 0.935. The number of carbonyl (C=O) groups excluding carboxylic acids is 1. The summed E-state index contributed by atoms with van der Waals surface area (Å²) in [6, 6.07) is 9.89. The number of aliphatic carboxylic acids is 1. The molecule has 0 aliphatic carbocycles. The first-order chi connectivity index (χ1) is 11.1. The zero-order valence-electron chi connectivity index (χ0n) is 12.8. The second-order valence-electron chi connectivity index (χ2n) is 5.84. The van der Waals surface area contributed by atoms with Gasteiger partial charge in [-0.15, -0.1) is 0 Å². The van der Waals surface area contributed by atoms with E-state index in [1.165, 1.54) is 0 Å². The van der Waals surface area contributed by atoms with Crippen LogP contribution in [0.5, 0.6) is 0 Å². The molecule has 0 radical (unpaired) electrons. The smallest absolute Gasteiger partial charge is 0.308 e. The minimum absolute atomic E-state index is 0.143. The van der Waals surface area contributed by atoms with E-state index in [1.807, 2.05) is 30.3 Å². The Balaban J connectivity index is 1.67. The van der Waals surface area contributed by atoms with Gasteiger partial charge in [0.05, 0.1) is 24.2 Å². The second kappa shape index (κ2) is 6.64. The summed E-state index contributed by atoms with van der Waals surface area (Å²) in [5.74, 6) is -1.44. The maximum atomic E-state index is 12.5. The van der Waals surface area contributed by atoms with Gasteiger partial charge in [-0.2, -0.15) is 5.10 Å². The molecular weight excluding hydrogens is 294 g/mol. The lowest BCUT2D eigenvalue weighted by Gasteiger charge is -2.30. The normalized spacial score (nSPS) is 17.9. The van der Waals surface area contributed by atoms with Gasteiger partial charge in [0, 0.05) is 19.3 Å². The lowest BCUT2D eigenvalue weighted by Crippen LogP contribution is -2.42. The van der Waals surface area contributed by atoms with Gasteiger partial charge in [-0.05, 0) is 18.4 Å². The number of carboxylic acids is 1. The Hall–Kier alpha value is -2.63. The highest BCUT2D eigenvalue weighted by molar-refractivity contribution is 5.94. The number of hydrogen-bond acceptors (Lipinski definition) is 3. The fraction of sp³-hybridized carbons (Fsp3) is 0.353. The molecule has 0 bridgehead atoms. The summed E-state index contributed by atoms with van der Waals surface area (Å²) in [5, 5.41) is 13.4. The zero-order chi connectivity index (χ0) is 16.2. The lowest BCUT2D eigenvalue weighted by atomic mass is 9.98. The number of rotatable bonds is 4. The van der Waals surface area contributed by atoms with E-state index in [-0.39, 0.29) is 12.5 Å². The molecule has 3 rings (SSSR count). The maximum Gasteiger partial charge on any atom is 0.308 e. The van der Waals surface area contributed by atoms with E-state index in [4.69, 9.17) is 5.11 Å². The Morgan fingerprint density at radius 2 is 2.04 bits per heavy atom. The molecule has 1 aromatic heterocycles. The highest BCUT2D eigenvalue weighted by atomic mass is 16.4. The monoisotopic (exact) mass is 313 g/mol. The predicted octanol–water partition coefficient (Wildman–Crippen LogP) is 1.87. The first kappa shape index (κ1) is 15.3. The van der Waals surface area contributed by atoms with Crippen LogP contribution in [0.4, 0.5) is 0 Å². The third kappa shape index (κ3) is 3.59. The fourth-order valence-corrected chi connectivity index (χ4v) is 2.88. The van der Waals surface area contributed by atoms with Crippen molar-refractivity contribution in [2.24, 2.45) is 5.92 Å². The first-order valence-electron chi connectivity index (χ1n) is 7.72. The van der Waals surface area contributed by atoms with Crippen LogP contribution in [0, 0.1) is 5.92 Å². The molecule has 2 heterocycles. The number of likely N-dealkylation sites (tertiary alicyclic amines) is 1. The highest BCUT2D eigenvalue weighted by Crippen LogP contribution is 2.18. The number of aromatic nitrogens is 2. The van der Waals surface area contributed by atoms with Gasteiger partial charge in [0.2, 0.25) is 0 Å². The molecule has 6 heteroatoms. The molecule has 1 amide bonds. The highest BCUT2D eigenvalue weighted by Gasteiger charge is 2.29. The molecule has 6 nitrogen and oxygen atoms in total. The summed E-state index contributed by atoms with van der Waals surface area (Å²) in [6.07, 6.45) is 4.63. The van der Waals surface area contributed by atoms with Crippen LogP contribution in [0.2, 0.25) is 0 Å². The topological polar surface area (TPSA) is 75.4 Å². The van der Waals surface area contributed by atoms with Crippen LogP contribution in [0.1, 0.15) is 28.8 Å². The standard InChI is InChI=1S/C17H19N3O3/c21-16(19-8-4-7-14(11-19)17(22)23)15-9-18-20(12-15)10-13-5-2-1-3-6-13/h1-3,5-6,9,12,14H,4,7-8,10-11H2,(H,22,23)/t14-/m0/s1. The van der Waals surface area contributed by atoms with Gasteiger partial charge in [-0.3, -0.25) is 14.3 Å². The predicted molar refractivity (Wildman–Crippen MR) is 84.0 cm³/mol. The summed E-state index contributed by atoms with van der Waals surface area (Å²) >= 11 is 0. The number of amides is 1. The van der Waals surface area contributed by atoms with Crippen LogP contribution in [0.3, 0.4) is 0 Å². The zero-order valence-corrected chi connectivity index (χ0v) is 12.8. The van der Waals surface area contributed by atoms with Crippen LogP contribution >= 0.6 is 0 Å². The van der Waals surface area contributed by atoms with Crippen molar-refractivity contribution < 1.29 is 14.7 Å². The van der Waals surface area contributed by atoms with Gasteiger partial charge < -0.3 is 10.0 Å². The van der Waals surface area contributed by atoms with Crippen molar-refractivity contribution in [3.05, 3.63) is 53.9 Å². The van der Waals surface area contributed by atoms with Crippen LogP contribution in [0.25, 0.3) is 0 Å². The molecule has 1 saturated heterocycles. The molecule has 120 valence electrons. The van der Waals surface area contributed by atoms with Gasteiger partial charge in [0.25, 0.3) is 5.91 Å². The summed E-state index contributed by atoms with van der Waals surface area (Å²) in [4.78, 5) is 25.2. The minimum atomic E-state index is -0.831. The van der Waals surface area contributed by atoms with E-state index in [0.29, 0.717) is 25.1 Å². The van der Waals surface area contributed by atoms with E-state index < -0.39 is 11.9 Å². The molecule has 0 saturated carbocycles. The molecule has 0 unspecified atom stereocenters. The van der Waals surface area contributed by atoms with Crippen LogP contribution in [0.15, 0.2) is 42.7 Å². The molecule has 23 heavy (non-hydrogen) atoms. The summed E-state index contributed by atoms with van der Waals surface area (Å²) in [6.45, 7) is 1.48. The molecular formula is C17H19N3O3. The lowest BCUT2D eigenvalue weighted by molar-refractivity contribution is -0.143. The van der Waals surface area contributed by atoms with Crippen molar-refractivity contribution in [1.29, 1.82) is 0 Å². The van der Waals surface area contributed by atoms with Crippen molar-refractivity contribution in [3.63, 3.8) is 0 Å². The Labute approximate surface area is 134 Å². The van der Waals surface area contributed by atoms with E-state index in [0.717, 1.165) is 12.0 Å². The minimum Gasteiger partial charge on any atom is -0.481 e. The van der Waals surface area contributed by atoms with Gasteiger partial charge in [-0.25, -0.2) is 0 Å². The molecule has 0 spiro atoms. The Bertz CT molecular complexity index is 696. The number of benzene rings is 1. The number of carboxylic acid groups (broad SMARTS) is 1. The van der Waals surface area contributed by atoms with Crippen molar-refractivity contribution >= 4 is 11.9 Å². The third-order valence-corrected chi connectivity index (χ3v) is 4.13. The van der Waals surface area contributed by atoms with E-state index in [9.17, 15) is 9.59 Å². The van der Waals surface area contributed by atoms with Gasteiger partial charge in [0.1, 0.15) is 0 Å². The maximum absolute atomic E-state index is 12.5. The largest absolute Gasteiger partial charge is 0.481 e. The van der Waals surface area contributed by atoms with Crippen molar-refractivity contribution in [1.82, 2.24) is 14.7 Å². The third-order valence-electron chi connectivity index (χ3n) is 4.13. The average molecular weight is 313 g/mol. The molecule has 1 atom stereocenters. The molecule has 1 aromatic carbocycles. The first-order valence-corrected chi connectivity index (χ1v) is 7.72. The molecule has 1 N–H and O–H groups in total. The molecule has 1 fully saturated rings. The number of piperidine rings is 1. The van der Waals surface area contributed by atoms with Crippen molar-refractivity contribution in [2.45, 2.75) is 19.4 Å². The summed E-state index contributed by atoms with van der Waals surface area (Å²) < 4.78 is 1.72. The van der Waals surface area contributed by atoms with Crippen molar-refractivity contribution in [3.8, 4) is 0 Å². The molecule has 1 aliphatic heterocycles. The van der Waals surface area contributed by atoms with Gasteiger partial charge in [-0.1, -0.05) is 30.3 Å². The average Bonchev–Trinajstić information content (AvgIpc) is 3.03. The van der Waals surface area contributed by atoms with Crippen LogP contribution < -0.4 is 0 Å². The van der Waals surface area contributed by atoms with Gasteiger partial charge >= 0.3 is 5.97 Å². The number of hydrogen-bond donors (Lipinski definition) is 1. The van der Waals surface area contributed by atoms with Gasteiger partial charge in [0.15, 0.2) is 0 Å². The van der Waals surface area contributed by atoms with E-state index >= 15 is 0 Å². The van der Waals surface area contributed by atoms with Crippen LogP contribution in [-0.2, 0) is 11.3 Å². The second-order valence-corrected chi connectivity index (χ2v) is 5.84. The Morgan fingerprint density at radius 3 is 2.78 bits per heavy atom. The molecule has 2 aromatic rings. The number of nitrogens with zero attached hydrogens (tertiary/aromatic N) is 3. The summed E-state index contributed by atoms with van der Waals surface area (Å²) in [5.41, 5.74) is 1.62. The Kier molecular flexibility index (Phi) is 4.41. The SMILES string of the molecule is O=C(O)[C@H]1CCCN(C(=O)c2cnn(Cc3ccccc3)c2)C1. The number of carbonyl (C=O) groups is 2.